The zero-order chi connectivity index (χ0) is 15.0. The number of aliphatic hydroxyl groups is 1. The molecule has 2 nitrogen and oxygen atoms in total. The van der Waals surface area contributed by atoms with Crippen LogP contribution in [-0.4, -0.2) is 5.11 Å². The molecule has 1 aliphatic carbocycles. The van der Waals surface area contributed by atoms with Gasteiger partial charge in [0.05, 0.1) is 17.6 Å². The van der Waals surface area contributed by atoms with Crippen LogP contribution in [0.1, 0.15) is 56.8 Å². The molecule has 0 radical (unpaired) electrons. The topological polar surface area (TPSA) is 44.0 Å². The molecule has 0 bridgehead atoms. The maximum absolute atomic E-state index is 10.8. The van der Waals surface area contributed by atoms with Crippen molar-refractivity contribution in [2.45, 2.75) is 52.6 Å². The second-order valence-electron chi connectivity index (χ2n) is 6.86. The number of hydrogen-bond donors (Lipinski definition) is 1. The average Bonchev–Trinajstić information content (AvgIpc) is 2.39. The van der Waals surface area contributed by atoms with Crippen LogP contribution in [0.4, 0.5) is 0 Å². The third kappa shape index (κ3) is 2.92. The number of aliphatic hydroxyl groups excluding tert-OH is 1. The van der Waals surface area contributed by atoms with Gasteiger partial charge in [0.2, 0.25) is 0 Å². The Bertz CT molecular complexity index is 534. The molecule has 1 aliphatic rings. The van der Waals surface area contributed by atoms with E-state index in [0.717, 1.165) is 41.3 Å². The molecular formula is C17H22BrNO. The number of hydrogen-bond acceptors (Lipinski definition) is 2. The number of nitrogens with zero attached hydrogens (tertiary/aromatic N) is 1. The first-order valence-corrected chi connectivity index (χ1v) is 7.94. The number of nitriles is 1. The van der Waals surface area contributed by atoms with Crippen LogP contribution < -0.4 is 0 Å². The predicted octanol–water partition coefficient (Wildman–Crippen LogP) is 4.90. The molecule has 0 saturated heterocycles. The second kappa shape index (κ2) is 5.50. The van der Waals surface area contributed by atoms with Crippen molar-refractivity contribution in [3.05, 3.63) is 33.8 Å². The van der Waals surface area contributed by atoms with E-state index in [1.807, 2.05) is 25.1 Å². The Hall–Kier alpha value is -0.850. The summed E-state index contributed by atoms with van der Waals surface area (Å²) < 4.78 is 0.893. The van der Waals surface area contributed by atoms with Crippen LogP contribution in [0.15, 0.2) is 22.7 Å². The molecule has 108 valence electrons. The molecule has 20 heavy (non-hydrogen) atoms. The van der Waals surface area contributed by atoms with E-state index in [4.69, 9.17) is 0 Å². The number of halogens is 1. The Morgan fingerprint density at radius 2 is 1.85 bits per heavy atom. The van der Waals surface area contributed by atoms with Gasteiger partial charge in [-0.05, 0) is 55.2 Å². The first-order valence-electron chi connectivity index (χ1n) is 7.15. The van der Waals surface area contributed by atoms with E-state index < -0.39 is 11.5 Å². The van der Waals surface area contributed by atoms with E-state index in [2.05, 4.69) is 35.8 Å². The van der Waals surface area contributed by atoms with Gasteiger partial charge in [-0.3, -0.25) is 0 Å². The Balaban J connectivity index is 2.31. The molecule has 0 aromatic heterocycles. The second-order valence-corrected chi connectivity index (χ2v) is 7.71. The molecule has 3 heteroatoms. The Morgan fingerprint density at radius 3 is 2.35 bits per heavy atom. The summed E-state index contributed by atoms with van der Waals surface area (Å²) in [5.41, 5.74) is 1.61. The fourth-order valence-corrected chi connectivity index (χ4v) is 3.68. The fourth-order valence-electron chi connectivity index (χ4n) is 2.97. The van der Waals surface area contributed by atoms with Gasteiger partial charge >= 0.3 is 0 Å². The van der Waals surface area contributed by atoms with Crippen LogP contribution in [0.25, 0.3) is 0 Å². The Labute approximate surface area is 129 Å². The summed E-state index contributed by atoms with van der Waals surface area (Å²) in [6.45, 7) is 6.50. The fraction of sp³-hybridized carbons (Fsp3) is 0.588. The van der Waals surface area contributed by atoms with E-state index >= 15 is 0 Å². The lowest BCUT2D eigenvalue weighted by Crippen LogP contribution is -2.35. The maximum Gasteiger partial charge on any atom is 0.0987 e. The molecule has 0 spiro atoms. The van der Waals surface area contributed by atoms with Gasteiger partial charge in [-0.1, -0.05) is 41.9 Å². The quantitative estimate of drug-likeness (QED) is 0.835. The molecule has 1 N–H and O–H groups in total. The molecule has 0 heterocycles. The summed E-state index contributed by atoms with van der Waals surface area (Å²) in [5.74, 6) is 0. The molecule has 0 amide bonds. The average molecular weight is 336 g/mol. The minimum absolute atomic E-state index is 0.282. The molecule has 1 unspecified atom stereocenters. The van der Waals surface area contributed by atoms with Crippen LogP contribution in [-0.2, 0) is 0 Å². The summed E-state index contributed by atoms with van der Waals surface area (Å²) in [6, 6.07) is 8.34. The highest BCUT2D eigenvalue weighted by Crippen LogP contribution is 2.51. The summed E-state index contributed by atoms with van der Waals surface area (Å²) in [4.78, 5) is 0. The molecule has 1 aromatic carbocycles. The minimum atomic E-state index is -0.724. The molecule has 1 aromatic rings. The van der Waals surface area contributed by atoms with Crippen molar-refractivity contribution in [1.82, 2.24) is 0 Å². The number of rotatable bonds is 2. The van der Waals surface area contributed by atoms with Crippen LogP contribution in [0.2, 0.25) is 0 Å². The van der Waals surface area contributed by atoms with E-state index in [9.17, 15) is 10.4 Å². The van der Waals surface area contributed by atoms with Crippen LogP contribution >= 0.6 is 15.9 Å². The van der Waals surface area contributed by atoms with Crippen LogP contribution in [0, 0.1) is 29.1 Å². The van der Waals surface area contributed by atoms with Crippen LogP contribution in [0.5, 0.6) is 0 Å². The van der Waals surface area contributed by atoms with E-state index in [0.29, 0.717) is 0 Å². The lowest BCUT2D eigenvalue weighted by atomic mass is 9.62. The van der Waals surface area contributed by atoms with Crippen molar-refractivity contribution >= 4 is 15.9 Å². The van der Waals surface area contributed by atoms with Crippen molar-refractivity contribution in [1.29, 1.82) is 5.26 Å². The minimum Gasteiger partial charge on any atom is -0.387 e. The lowest BCUT2D eigenvalue weighted by Gasteiger charge is -2.42. The highest BCUT2D eigenvalue weighted by Gasteiger charge is 2.44. The molecule has 0 aliphatic heterocycles. The van der Waals surface area contributed by atoms with Gasteiger partial charge in [0.15, 0.2) is 0 Å². The smallest absolute Gasteiger partial charge is 0.0987 e. The van der Waals surface area contributed by atoms with E-state index in [-0.39, 0.29) is 5.41 Å². The summed E-state index contributed by atoms with van der Waals surface area (Å²) >= 11 is 3.52. The molecule has 1 atom stereocenters. The van der Waals surface area contributed by atoms with Crippen molar-refractivity contribution in [3.8, 4) is 6.07 Å². The van der Waals surface area contributed by atoms with Gasteiger partial charge in [0.1, 0.15) is 0 Å². The Morgan fingerprint density at radius 1 is 1.25 bits per heavy atom. The highest BCUT2D eigenvalue weighted by atomic mass is 79.9. The van der Waals surface area contributed by atoms with Gasteiger partial charge in [-0.25, -0.2) is 0 Å². The van der Waals surface area contributed by atoms with Crippen molar-refractivity contribution in [3.63, 3.8) is 0 Å². The number of aryl methyl sites for hydroxylation is 1. The monoisotopic (exact) mass is 335 g/mol. The summed E-state index contributed by atoms with van der Waals surface area (Å²) in [7, 11) is 0. The number of benzene rings is 1. The lowest BCUT2D eigenvalue weighted by molar-refractivity contribution is 0.00913. The zero-order valence-corrected chi connectivity index (χ0v) is 14.0. The van der Waals surface area contributed by atoms with Gasteiger partial charge < -0.3 is 5.11 Å². The Kier molecular flexibility index (Phi) is 4.27. The standard InChI is InChI=1S/C17H22BrNO/c1-12-4-5-13(14(18)10-12)15(20)17(11-19)8-6-16(2,3)7-9-17/h4-5,10,15,20H,6-9H2,1-3H3. The SMILES string of the molecule is Cc1ccc(C(O)C2(C#N)CCC(C)(C)CC2)c(Br)c1. The molecule has 1 saturated carbocycles. The molecule has 1 fully saturated rings. The van der Waals surface area contributed by atoms with Gasteiger partial charge in [-0.2, -0.15) is 5.26 Å². The van der Waals surface area contributed by atoms with Gasteiger partial charge in [0, 0.05) is 4.47 Å². The first-order chi connectivity index (χ1) is 9.30. The van der Waals surface area contributed by atoms with Gasteiger partial charge in [-0.15, -0.1) is 0 Å². The highest BCUT2D eigenvalue weighted by molar-refractivity contribution is 9.10. The predicted molar refractivity (Wildman–Crippen MR) is 84.1 cm³/mol. The van der Waals surface area contributed by atoms with Crippen molar-refractivity contribution in [2.24, 2.45) is 10.8 Å². The third-order valence-electron chi connectivity index (χ3n) is 4.69. The first kappa shape index (κ1) is 15.5. The summed E-state index contributed by atoms with van der Waals surface area (Å²) in [5, 5.41) is 20.4. The summed E-state index contributed by atoms with van der Waals surface area (Å²) in [6.07, 6.45) is 2.77. The maximum atomic E-state index is 10.8. The largest absolute Gasteiger partial charge is 0.387 e. The van der Waals surface area contributed by atoms with Crippen molar-refractivity contribution in [2.75, 3.05) is 0 Å². The van der Waals surface area contributed by atoms with Gasteiger partial charge in [0.25, 0.3) is 0 Å². The molecule has 2 rings (SSSR count). The third-order valence-corrected chi connectivity index (χ3v) is 5.38. The van der Waals surface area contributed by atoms with E-state index in [1.165, 1.54) is 0 Å². The molecular weight excluding hydrogens is 314 g/mol. The van der Waals surface area contributed by atoms with E-state index in [1.54, 1.807) is 0 Å². The van der Waals surface area contributed by atoms with Crippen molar-refractivity contribution < 1.29 is 5.11 Å². The zero-order valence-electron chi connectivity index (χ0n) is 12.4. The normalized spacial score (nSPS) is 22.0. The van der Waals surface area contributed by atoms with Crippen LogP contribution in [0.3, 0.4) is 0 Å².